The van der Waals surface area contributed by atoms with E-state index in [1.165, 1.54) is 14.0 Å². The van der Waals surface area contributed by atoms with E-state index in [2.05, 4.69) is 9.47 Å². The smallest absolute Gasteiger partial charge is 0.323 e. The maximum Gasteiger partial charge on any atom is 0.323 e. The lowest BCUT2D eigenvalue weighted by Gasteiger charge is -2.09. The van der Waals surface area contributed by atoms with Gasteiger partial charge in [0, 0.05) is 7.11 Å². The van der Waals surface area contributed by atoms with Crippen LogP contribution >= 0.6 is 0 Å². The van der Waals surface area contributed by atoms with Crippen LogP contribution in [-0.4, -0.2) is 46.2 Å². The predicted octanol–water partition coefficient (Wildman–Crippen LogP) is -0.391. The zero-order valence-electron chi connectivity index (χ0n) is 7.94. The number of rotatable bonds is 5. The fourth-order valence-electron chi connectivity index (χ4n) is 0.689. The van der Waals surface area contributed by atoms with E-state index in [9.17, 15) is 13.2 Å². The second-order valence-electron chi connectivity index (χ2n) is 2.53. The SMILES string of the molecule is COCCS(=O)(=O)C(C)C(=O)OC. The van der Waals surface area contributed by atoms with Crippen LogP contribution in [-0.2, 0) is 24.1 Å². The molecule has 78 valence electrons. The number of carbonyl (C=O) groups excluding carboxylic acids is 1. The van der Waals surface area contributed by atoms with Crippen molar-refractivity contribution in [2.75, 3.05) is 26.6 Å². The standard InChI is InChI=1S/C7H14O5S/c1-6(7(8)12-3)13(9,10)5-4-11-2/h6H,4-5H2,1-3H3. The number of ether oxygens (including phenoxy) is 2. The third kappa shape index (κ3) is 3.73. The van der Waals surface area contributed by atoms with Gasteiger partial charge in [0.05, 0.1) is 19.5 Å². The van der Waals surface area contributed by atoms with Gasteiger partial charge >= 0.3 is 5.97 Å². The monoisotopic (exact) mass is 210 g/mol. The molecule has 0 aliphatic carbocycles. The summed E-state index contributed by atoms with van der Waals surface area (Å²) >= 11 is 0. The lowest BCUT2D eigenvalue weighted by atomic mass is 10.5. The van der Waals surface area contributed by atoms with Gasteiger partial charge in [0.15, 0.2) is 15.1 Å². The Morgan fingerprint density at radius 2 is 1.92 bits per heavy atom. The first-order valence-corrected chi connectivity index (χ1v) is 5.45. The van der Waals surface area contributed by atoms with Crippen molar-refractivity contribution in [3.05, 3.63) is 0 Å². The molecule has 1 unspecified atom stereocenters. The van der Waals surface area contributed by atoms with Gasteiger partial charge in [-0.3, -0.25) is 4.79 Å². The number of carbonyl (C=O) groups is 1. The zero-order chi connectivity index (χ0) is 10.5. The van der Waals surface area contributed by atoms with E-state index in [4.69, 9.17) is 0 Å². The van der Waals surface area contributed by atoms with Crippen LogP contribution in [0.5, 0.6) is 0 Å². The van der Waals surface area contributed by atoms with E-state index in [1.807, 2.05) is 0 Å². The summed E-state index contributed by atoms with van der Waals surface area (Å²) < 4.78 is 31.5. The first-order valence-electron chi connectivity index (χ1n) is 3.74. The summed E-state index contributed by atoms with van der Waals surface area (Å²) in [7, 11) is -0.875. The maximum atomic E-state index is 11.3. The molecule has 0 spiro atoms. The highest BCUT2D eigenvalue weighted by Gasteiger charge is 2.28. The Morgan fingerprint density at radius 3 is 2.31 bits per heavy atom. The van der Waals surface area contributed by atoms with Crippen molar-refractivity contribution in [3.63, 3.8) is 0 Å². The number of hydrogen-bond donors (Lipinski definition) is 0. The number of hydrogen-bond acceptors (Lipinski definition) is 5. The highest BCUT2D eigenvalue weighted by molar-refractivity contribution is 7.92. The molecule has 0 aromatic carbocycles. The van der Waals surface area contributed by atoms with Crippen molar-refractivity contribution in [2.45, 2.75) is 12.2 Å². The molecule has 0 aliphatic rings. The van der Waals surface area contributed by atoms with Gasteiger partial charge in [-0.25, -0.2) is 8.42 Å². The molecular formula is C7H14O5S. The predicted molar refractivity (Wildman–Crippen MR) is 47.1 cm³/mol. The van der Waals surface area contributed by atoms with Crippen molar-refractivity contribution >= 4 is 15.8 Å². The summed E-state index contributed by atoms with van der Waals surface area (Å²) in [6, 6.07) is 0. The molecule has 0 radical (unpaired) electrons. The van der Waals surface area contributed by atoms with Gasteiger partial charge in [-0.15, -0.1) is 0 Å². The van der Waals surface area contributed by atoms with Crippen LogP contribution in [0.1, 0.15) is 6.92 Å². The van der Waals surface area contributed by atoms with Crippen LogP contribution in [0.25, 0.3) is 0 Å². The van der Waals surface area contributed by atoms with E-state index in [-0.39, 0.29) is 12.4 Å². The molecule has 0 bridgehead atoms. The number of methoxy groups -OCH3 is 2. The molecule has 6 heteroatoms. The summed E-state index contributed by atoms with van der Waals surface area (Å²) in [5.74, 6) is -0.907. The molecule has 0 saturated carbocycles. The Bertz CT molecular complexity index is 256. The lowest BCUT2D eigenvalue weighted by molar-refractivity contribution is -0.139. The molecule has 0 aromatic rings. The van der Waals surface area contributed by atoms with Crippen molar-refractivity contribution in [2.24, 2.45) is 0 Å². The van der Waals surface area contributed by atoms with Gasteiger partial charge in [0.2, 0.25) is 0 Å². The van der Waals surface area contributed by atoms with Crippen LogP contribution < -0.4 is 0 Å². The fraction of sp³-hybridized carbons (Fsp3) is 0.857. The Kier molecular flexibility index (Phi) is 4.94. The Morgan fingerprint density at radius 1 is 1.38 bits per heavy atom. The molecule has 0 rings (SSSR count). The van der Waals surface area contributed by atoms with Crippen LogP contribution in [0.15, 0.2) is 0 Å². The summed E-state index contributed by atoms with van der Waals surface area (Å²) in [4.78, 5) is 10.9. The van der Waals surface area contributed by atoms with Gasteiger partial charge in [-0.05, 0) is 6.92 Å². The van der Waals surface area contributed by atoms with Crippen LogP contribution in [0.3, 0.4) is 0 Å². The van der Waals surface area contributed by atoms with Gasteiger partial charge in [-0.2, -0.15) is 0 Å². The van der Waals surface area contributed by atoms with Gasteiger partial charge < -0.3 is 9.47 Å². The minimum atomic E-state index is -3.43. The molecule has 5 nitrogen and oxygen atoms in total. The minimum absolute atomic E-state index is 0.0870. The molecule has 0 aromatic heterocycles. The maximum absolute atomic E-state index is 11.3. The Hall–Kier alpha value is -0.620. The largest absolute Gasteiger partial charge is 0.468 e. The van der Waals surface area contributed by atoms with Crippen molar-refractivity contribution in [3.8, 4) is 0 Å². The normalized spacial score (nSPS) is 13.8. The molecule has 1 atom stereocenters. The summed E-state index contributed by atoms with van der Waals surface area (Å²) in [6.45, 7) is 1.39. The van der Waals surface area contributed by atoms with Crippen LogP contribution in [0.4, 0.5) is 0 Å². The van der Waals surface area contributed by atoms with Crippen molar-refractivity contribution in [1.82, 2.24) is 0 Å². The number of sulfone groups is 1. The molecule has 0 amide bonds. The number of esters is 1. The average Bonchev–Trinajstić information content (AvgIpc) is 2.12. The first kappa shape index (κ1) is 12.4. The lowest BCUT2D eigenvalue weighted by Crippen LogP contribution is -2.31. The highest BCUT2D eigenvalue weighted by atomic mass is 32.2. The molecule has 0 heterocycles. The second-order valence-corrected chi connectivity index (χ2v) is 4.97. The van der Waals surface area contributed by atoms with Gasteiger partial charge in [0.25, 0.3) is 0 Å². The fourth-order valence-corrected chi connectivity index (χ4v) is 1.83. The van der Waals surface area contributed by atoms with E-state index in [0.29, 0.717) is 0 Å². The Balaban J connectivity index is 4.37. The van der Waals surface area contributed by atoms with E-state index in [0.717, 1.165) is 7.11 Å². The summed E-state index contributed by atoms with van der Waals surface area (Å²) in [6.07, 6.45) is 0. The molecule has 13 heavy (non-hydrogen) atoms. The molecular weight excluding hydrogens is 196 g/mol. The molecule has 0 N–H and O–H groups in total. The van der Waals surface area contributed by atoms with E-state index < -0.39 is 21.1 Å². The van der Waals surface area contributed by atoms with Crippen LogP contribution in [0.2, 0.25) is 0 Å². The summed E-state index contributed by atoms with van der Waals surface area (Å²) in [5, 5.41) is -1.12. The first-order chi connectivity index (χ1) is 5.95. The van der Waals surface area contributed by atoms with Gasteiger partial charge in [0.1, 0.15) is 0 Å². The quantitative estimate of drug-likeness (QED) is 0.578. The minimum Gasteiger partial charge on any atom is -0.468 e. The van der Waals surface area contributed by atoms with Crippen molar-refractivity contribution < 1.29 is 22.7 Å². The summed E-state index contributed by atoms with van der Waals surface area (Å²) in [5.41, 5.74) is 0. The van der Waals surface area contributed by atoms with Gasteiger partial charge in [-0.1, -0.05) is 0 Å². The topological polar surface area (TPSA) is 69.7 Å². The zero-order valence-corrected chi connectivity index (χ0v) is 8.76. The van der Waals surface area contributed by atoms with E-state index >= 15 is 0 Å². The molecule has 0 aliphatic heterocycles. The molecule has 0 saturated heterocycles. The average molecular weight is 210 g/mol. The second kappa shape index (κ2) is 5.18. The van der Waals surface area contributed by atoms with E-state index in [1.54, 1.807) is 0 Å². The van der Waals surface area contributed by atoms with Crippen LogP contribution in [0, 0.1) is 0 Å². The highest BCUT2D eigenvalue weighted by Crippen LogP contribution is 2.03. The third-order valence-electron chi connectivity index (χ3n) is 1.64. The third-order valence-corrected chi connectivity index (χ3v) is 3.65. The molecule has 0 fully saturated rings. The van der Waals surface area contributed by atoms with Crippen molar-refractivity contribution in [1.29, 1.82) is 0 Å². The Labute approximate surface area is 77.9 Å².